The van der Waals surface area contributed by atoms with Gasteiger partial charge < -0.3 is 5.11 Å². The first kappa shape index (κ1) is 13.1. The van der Waals surface area contributed by atoms with Crippen LogP contribution in [0.3, 0.4) is 0 Å². The highest BCUT2D eigenvalue weighted by atomic mass is 35.5. The summed E-state index contributed by atoms with van der Waals surface area (Å²) in [6, 6.07) is 3.43. The lowest BCUT2D eigenvalue weighted by molar-refractivity contribution is -0.129. The SMILES string of the molecule is CN1C(=O)NC(=O)C(=Cc2cc(Cl)ccc2O)C1=O. The Balaban J connectivity index is 2.47. The van der Waals surface area contributed by atoms with Gasteiger partial charge in [-0.1, -0.05) is 11.6 Å². The van der Waals surface area contributed by atoms with Gasteiger partial charge >= 0.3 is 6.03 Å². The molecule has 1 heterocycles. The molecule has 0 bridgehead atoms. The number of urea groups is 1. The molecule has 7 heteroatoms. The Morgan fingerprint density at radius 2 is 2.00 bits per heavy atom. The number of nitrogens with one attached hydrogen (secondary N) is 1. The molecule has 0 aromatic heterocycles. The Hall–Kier alpha value is -2.34. The highest BCUT2D eigenvalue weighted by Crippen LogP contribution is 2.24. The Morgan fingerprint density at radius 1 is 1.32 bits per heavy atom. The van der Waals surface area contributed by atoms with Gasteiger partial charge in [0.05, 0.1) is 0 Å². The molecule has 98 valence electrons. The minimum absolute atomic E-state index is 0.128. The summed E-state index contributed by atoms with van der Waals surface area (Å²) in [7, 11) is 1.25. The Morgan fingerprint density at radius 3 is 2.68 bits per heavy atom. The molecule has 1 aliphatic rings. The van der Waals surface area contributed by atoms with E-state index in [0.29, 0.717) is 5.02 Å². The maximum atomic E-state index is 11.8. The van der Waals surface area contributed by atoms with Gasteiger partial charge in [-0.25, -0.2) is 4.79 Å². The molecule has 6 nitrogen and oxygen atoms in total. The molecule has 0 spiro atoms. The van der Waals surface area contributed by atoms with Gasteiger partial charge in [-0.05, 0) is 24.3 Å². The standard InChI is InChI=1S/C12H9ClN2O4/c1-15-11(18)8(10(17)14-12(15)19)5-6-4-7(13)2-3-9(6)16/h2-5,16H,1H3,(H,14,17,19). The normalized spacial score (nSPS) is 17.9. The number of carbonyl (C=O) groups is 3. The van der Waals surface area contributed by atoms with Crippen molar-refractivity contribution < 1.29 is 19.5 Å². The summed E-state index contributed by atoms with van der Waals surface area (Å²) in [5, 5.41) is 12.0. The fourth-order valence-electron chi connectivity index (χ4n) is 1.54. The molecule has 1 aliphatic heterocycles. The molecule has 4 amide bonds. The van der Waals surface area contributed by atoms with Crippen LogP contribution in [0.5, 0.6) is 5.75 Å². The number of nitrogens with zero attached hydrogens (tertiary/aromatic N) is 1. The summed E-state index contributed by atoms with van der Waals surface area (Å²) in [6.45, 7) is 0. The number of aromatic hydroxyl groups is 1. The van der Waals surface area contributed by atoms with Crippen LogP contribution < -0.4 is 5.32 Å². The van der Waals surface area contributed by atoms with Crippen LogP contribution in [0.2, 0.25) is 5.02 Å². The van der Waals surface area contributed by atoms with Gasteiger partial charge in [-0.15, -0.1) is 0 Å². The van der Waals surface area contributed by atoms with Crippen molar-refractivity contribution >= 4 is 35.5 Å². The molecule has 1 fully saturated rings. The van der Waals surface area contributed by atoms with E-state index in [2.05, 4.69) is 0 Å². The van der Waals surface area contributed by atoms with Crippen LogP contribution in [0.25, 0.3) is 6.08 Å². The van der Waals surface area contributed by atoms with Crippen molar-refractivity contribution in [3.8, 4) is 5.75 Å². The van der Waals surface area contributed by atoms with E-state index in [9.17, 15) is 19.5 Å². The molecule has 1 saturated heterocycles. The Kier molecular flexibility index (Phi) is 3.26. The maximum absolute atomic E-state index is 11.8. The summed E-state index contributed by atoms with van der Waals surface area (Å²) in [5.74, 6) is -1.68. The van der Waals surface area contributed by atoms with E-state index < -0.39 is 17.8 Å². The number of imide groups is 2. The topological polar surface area (TPSA) is 86.7 Å². The van der Waals surface area contributed by atoms with E-state index in [1.807, 2.05) is 5.32 Å². The zero-order valence-corrected chi connectivity index (χ0v) is 10.6. The largest absolute Gasteiger partial charge is 0.507 e. The maximum Gasteiger partial charge on any atom is 0.331 e. The van der Waals surface area contributed by atoms with Gasteiger partial charge in [0.15, 0.2) is 0 Å². The second-order valence-corrected chi connectivity index (χ2v) is 4.32. The third-order valence-electron chi connectivity index (χ3n) is 2.59. The lowest BCUT2D eigenvalue weighted by atomic mass is 10.1. The first-order chi connectivity index (χ1) is 8.90. The number of likely N-dealkylation sites (N-methyl/N-ethyl adjacent to an activating group) is 1. The summed E-state index contributed by atoms with van der Waals surface area (Å²) >= 11 is 5.77. The second-order valence-electron chi connectivity index (χ2n) is 3.88. The van der Waals surface area contributed by atoms with Gasteiger partial charge in [0, 0.05) is 17.6 Å². The second kappa shape index (κ2) is 4.74. The van der Waals surface area contributed by atoms with Crippen LogP contribution in [-0.2, 0) is 9.59 Å². The van der Waals surface area contributed by atoms with Crippen molar-refractivity contribution in [2.45, 2.75) is 0 Å². The average molecular weight is 281 g/mol. The molecule has 1 aromatic rings. The van der Waals surface area contributed by atoms with Crippen LogP contribution in [0.15, 0.2) is 23.8 Å². The molecule has 0 radical (unpaired) electrons. The first-order valence-electron chi connectivity index (χ1n) is 5.23. The highest BCUT2D eigenvalue weighted by molar-refractivity contribution is 6.32. The van der Waals surface area contributed by atoms with Gasteiger partial charge in [-0.3, -0.25) is 19.8 Å². The van der Waals surface area contributed by atoms with E-state index >= 15 is 0 Å². The average Bonchev–Trinajstić information content (AvgIpc) is 2.36. The van der Waals surface area contributed by atoms with Crippen LogP contribution in [0, 0.1) is 0 Å². The monoisotopic (exact) mass is 280 g/mol. The summed E-state index contributed by atoms with van der Waals surface area (Å²) in [6.07, 6.45) is 1.18. The molecule has 0 unspecified atom stereocenters. The number of hydrogen-bond acceptors (Lipinski definition) is 4. The molecule has 0 saturated carbocycles. The summed E-state index contributed by atoms with van der Waals surface area (Å²) in [4.78, 5) is 35.4. The van der Waals surface area contributed by atoms with Crippen molar-refractivity contribution in [3.63, 3.8) is 0 Å². The number of benzene rings is 1. The molecule has 2 N–H and O–H groups in total. The van der Waals surface area contributed by atoms with Crippen molar-refractivity contribution in [1.29, 1.82) is 0 Å². The number of hydrogen-bond donors (Lipinski definition) is 2. The van der Waals surface area contributed by atoms with Crippen LogP contribution in [0.1, 0.15) is 5.56 Å². The molecule has 1 aromatic carbocycles. The van der Waals surface area contributed by atoms with Gasteiger partial charge in [0.2, 0.25) is 0 Å². The predicted octanol–water partition coefficient (Wildman–Crippen LogP) is 1.14. The van der Waals surface area contributed by atoms with Crippen molar-refractivity contribution in [1.82, 2.24) is 10.2 Å². The van der Waals surface area contributed by atoms with E-state index in [0.717, 1.165) is 4.90 Å². The molecule has 0 aliphatic carbocycles. The van der Waals surface area contributed by atoms with Crippen LogP contribution in [-0.4, -0.2) is 34.9 Å². The molecular weight excluding hydrogens is 272 g/mol. The summed E-state index contributed by atoms with van der Waals surface area (Å²) in [5.41, 5.74) is -0.0339. The number of halogens is 1. The van der Waals surface area contributed by atoms with Gasteiger partial charge in [0.1, 0.15) is 11.3 Å². The lowest BCUT2D eigenvalue weighted by Crippen LogP contribution is -2.52. The minimum atomic E-state index is -0.813. The van der Waals surface area contributed by atoms with E-state index in [1.165, 1.54) is 31.3 Å². The lowest BCUT2D eigenvalue weighted by Gasteiger charge is -2.22. The smallest absolute Gasteiger partial charge is 0.331 e. The molecule has 19 heavy (non-hydrogen) atoms. The van der Waals surface area contributed by atoms with E-state index in [4.69, 9.17) is 11.6 Å². The third kappa shape index (κ3) is 2.43. The highest BCUT2D eigenvalue weighted by Gasteiger charge is 2.33. The minimum Gasteiger partial charge on any atom is -0.507 e. The zero-order chi connectivity index (χ0) is 14.2. The Labute approximate surface area is 113 Å². The van der Waals surface area contributed by atoms with Crippen molar-refractivity contribution in [3.05, 3.63) is 34.4 Å². The third-order valence-corrected chi connectivity index (χ3v) is 2.83. The molecule has 2 rings (SSSR count). The van der Waals surface area contributed by atoms with Crippen molar-refractivity contribution in [2.75, 3.05) is 7.05 Å². The van der Waals surface area contributed by atoms with Crippen LogP contribution in [0.4, 0.5) is 4.79 Å². The van der Waals surface area contributed by atoms with E-state index in [1.54, 1.807) is 0 Å². The molecular formula is C12H9ClN2O4. The summed E-state index contributed by atoms with van der Waals surface area (Å²) < 4.78 is 0. The predicted molar refractivity (Wildman–Crippen MR) is 67.4 cm³/mol. The number of phenols is 1. The number of barbiturate groups is 1. The number of rotatable bonds is 1. The zero-order valence-electron chi connectivity index (χ0n) is 9.81. The van der Waals surface area contributed by atoms with Crippen molar-refractivity contribution in [2.24, 2.45) is 0 Å². The number of amides is 4. The fraction of sp³-hybridized carbons (Fsp3) is 0.0833. The quantitative estimate of drug-likeness (QED) is 0.596. The van der Waals surface area contributed by atoms with Gasteiger partial charge in [-0.2, -0.15) is 0 Å². The molecule has 0 atom stereocenters. The number of carbonyl (C=O) groups excluding carboxylic acids is 3. The fourth-order valence-corrected chi connectivity index (χ4v) is 1.72. The first-order valence-corrected chi connectivity index (χ1v) is 5.61. The number of phenolic OH excluding ortho intramolecular Hbond substituents is 1. The van der Waals surface area contributed by atoms with Crippen LogP contribution >= 0.6 is 11.6 Å². The van der Waals surface area contributed by atoms with Gasteiger partial charge in [0.25, 0.3) is 11.8 Å². The van der Waals surface area contributed by atoms with E-state index in [-0.39, 0.29) is 16.9 Å². The Bertz CT molecular complexity index is 624.